The van der Waals surface area contributed by atoms with Gasteiger partial charge in [0.15, 0.2) is 0 Å². The number of hydrogen-bond donors (Lipinski definition) is 2. The van der Waals surface area contributed by atoms with E-state index in [2.05, 4.69) is 0 Å². The number of aryl methyl sites for hydroxylation is 1. The Balaban J connectivity index is 0.000000310. The summed E-state index contributed by atoms with van der Waals surface area (Å²) in [5.41, 5.74) is 5.94. The highest BCUT2D eigenvalue weighted by Gasteiger charge is 1.86. The number of anilines is 1. The number of aromatic nitrogens is 1. The molecule has 3 N–H and O–H groups in total. The predicted octanol–water partition coefficient (Wildman–Crippen LogP) is 0.0584. The van der Waals surface area contributed by atoms with E-state index >= 15 is 0 Å². The van der Waals surface area contributed by atoms with E-state index in [1.54, 1.807) is 19.3 Å². The van der Waals surface area contributed by atoms with Crippen molar-refractivity contribution < 1.29 is 9.90 Å². The number of rotatable bonds is 0. The van der Waals surface area contributed by atoms with E-state index in [1.165, 1.54) is 10.6 Å². The van der Waals surface area contributed by atoms with Crippen LogP contribution in [0, 0.1) is 0 Å². The van der Waals surface area contributed by atoms with Gasteiger partial charge >= 0.3 is 0 Å². The van der Waals surface area contributed by atoms with Crippen LogP contribution in [-0.2, 0) is 11.8 Å². The number of nitrogens with zero attached hydrogens (tertiary/aromatic N) is 1. The lowest BCUT2D eigenvalue weighted by Gasteiger charge is -1.95. The largest absolute Gasteiger partial charge is 0.481 e. The van der Waals surface area contributed by atoms with E-state index in [0.29, 0.717) is 5.69 Å². The lowest BCUT2D eigenvalue weighted by molar-refractivity contribution is -0.134. The van der Waals surface area contributed by atoms with Gasteiger partial charge in [0.05, 0.1) is 0 Å². The average molecular weight is 184 g/mol. The zero-order valence-electron chi connectivity index (χ0n) is 7.52. The number of hydrogen-bond acceptors (Lipinski definition) is 3. The summed E-state index contributed by atoms with van der Waals surface area (Å²) in [6.07, 6.45) is 1.59. The third kappa shape index (κ3) is 5.49. The van der Waals surface area contributed by atoms with E-state index in [0.717, 1.165) is 6.92 Å². The maximum absolute atomic E-state index is 10.7. The summed E-state index contributed by atoms with van der Waals surface area (Å²) in [5.74, 6) is -0.833. The first-order chi connectivity index (χ1) is 5.93. The van der Waals surface area contributed by atoms with Crippen LogP contribution in [0.2, 0.25) is 0 Å². The van der Waals surface area contributed by atoms with Crippen molar-refractivity contribution >= 4 is 11.7 Å². The Bertz CT molecular complexity index is 339. The molecule has 0 saturated heterocycles. The first kappa shape index (κ1) is 11.2. The van der Waals surface area contributed by atoms with Gasteiger partial charge in [0.25, 0.3) is 5.97 Å². The zero-order chi connectivity index (χ0) is 10.4. The number of pyridine rings is 1. The number of nitrogens with two attached hydrogens (primary N) is 1. The molecule has 0 spiro atoms. The van der Waals surface area contributed by atoms with Gasteiger partial charge in [-0.2, -0.15) is 0 Å². The molecule has 0 amide bonds. The number of nitrogen functional groups attached to an aromatic ring is 1. The Morgan fingerprint density at radius 1 is 1.54 bits per heavy atom. The van der Waals surface area contributed by atoms with Crippen LogP contribution in [0.5, 0.6) is 0 Å². The van der Waals surface area contributed by atoms with Crippen LogP contribution in [0.1, 0.15) is 6.92 Å². The van der Waals surface area contributed by atoms with Crippen molar-refractivity contribution in [3.8, 4) is 0 Å². The second kappa shape index (κ2) is 4.97. The van der Waals surface area contributed by atoms with Gasteiger partial charge in [-0.25, -0.2) is 0 Å². The molecule has 13 heavy (non-hydrogen) atoms. The molecule has 0 radical (unpaired) electrons. The molecule has 0 atom stereocenters. The lowest BCUT2D eigenvalue weighted by Crippen LogP contribution is -2.14. The van der Waals surface area contributed by atoms with Crippen molar-refractivity contribution in [2.45, 2.75) is 6.92 Å². The zero-order valence-corrected chi connectivity index (χ0v) is 7.52. The first-order valence-corrected chi connectivity index (χ1v) is 3.55. The van der Waals surface area contributed by atoms with E-state index in [-0.39, 0.29) is 5.56 Å². The molecule has 1 aromatic heterocycles. The fourth-order valence-electron chi connectivity index (χ4n) is 0.615. The van der Waals surface area contributed by atoms with Gasteiger partial charge in [0.1, 0.15) is 0 Å². The molecule has 72 valence electrons. The van der Waals surface area contributed by atoms with Gasteiger partial charge in [-0.15, -0.1) is 0 Å². The second-order valence-corrected chi connectivity index (χ2v) is 2.43. The normalized spacial score (nSPS) is 8.46. The minimum Gasteiger partial charge on any atom is -0.481 e. The van der Waals surface area contributed by atoms with Crippen molar-refractivity contribution in [2.75, 3.05) is 5.73 Å². The van der Waals surface area contributed by atoms with Crippen molar-refractivity contribution in [1.82, 2.24) is 4.57 Å². The second-order valence-electron chi connectivity index (χ2n) is 2.43. The van der Waals surface area contributed by atoms with Crippen LogP contribution in [0.4, 0.5) is 5.69 Å². The average Bonchev–Trinajstić information content (AvgIpc) is 1.96. The van der Waals surface area contributed by atoms with Crippen molar-refractivity contribution in [3.05, 3.63) is 28.7 Å². The van der Waals surface area contributed by atoms with Crippen molar-refractivity contribution in [3.63, 3.8) is 0 Å². The number of aliphatic carboxylic acids is 1. The Morgan fingerprint density at radius 3 is 2.31 bits per heavy atom. The molecule has 1 heterocycles. The molecule has 0 aliphatic heterocycles. The summed E-state index contributed by atoms with van der Waals surface area (Å²) < 4.78 is 1.44. The van der Waals surface area contributed by atoms with E-state index in [4.69, 9.17) is 15.6 Å². The van der Waals surface area contributed by atoms with E-state index < -0.39 is 5.97 Å². The molecule has 0 fully saturated rings. The van der Waals surface area contributed by atoms with Crippen LogP contribution >= 0.6 is 0 Å². The fraction of sp³-hybridized carbons (Fsp3) is 0.250. The molecule has 0 aliphatic rings. The van der Waals surface area contributed by atoms with Crippen LogP contribution in [0.3, 0.4) is 0 Å². The summed E-state index contributed by atoms with van der Waals surface area (Å²) in [6.45, 7) is 1.08. The highest BCUT2D eigenvalue weighted by Crippen LogP contribution is 1.92. The van der Waals surface area contributed by atoms with Crippen LogP contribution < -0.4 is 11.3 Å². The van der Waals surface area contributed by atoms with Gasteiger partial charge < -0.3 is 15.4 Å². The Labute approximate surface area is 75.4 Å². The quantitative estimate of drug-likeness (QED) is 0.597. The number of carbonyl (C=O) groups is 1. The minimum absolute atomic E-state index is 0.0378. The molecule has 5 nitrogen and oxygen atoms in total. The smallest absolute Gasteiger partial charge is 0.300 e. The van der Waals surface area contributed by atoms with E-state index in [9.17, 15) is 4.79 Å². The molecule has 0 saturated carbocycles. The van der Waals surface area contributed by atoms with Gasteiger partial charge in [-0.1, -0.05) is 0 Å². The maximum atomic E-state index is 10.7. The molecule has 0 aliphatic carbocycles. The topological polar surface area (TPSA) is 85.3 Å². The molecular weight excluding hydrogens is 172 g/mol. The number of carboxylic acids is 1. The van der Waals surface area contributed by atoms with Crippen LogP contribution in [0.15, 0.2) is 23.1 Å². The Morgan fingerprint density at radius 2 is 2.00 bits per heavy atom. The molecule has 5 heteroatoms. The Hall–Kier alpha value is -1.78. The fourth-order valence-corrected chi connectivity index (χ4v) is 0.615. The summed E-state index contributed by atoms with van der Waals surface area (Å²) >= 11 is 0. The Kier molecular flexibility index (Phi) is 4.29. The molecule has 0 bridgehead atoms. The molecule has 1 aromatic rings. The summed E-state index contributed by atoms with van der Waals surface area (Å²) in [6, 6.07) is 3.03. The monoisotopic (exact) mass is 184 g/mol. The standard InChI is InChI=1S/C6H8N2O.C2H4O2/c1-8-4-5(7)2-3-6(8)9;1-2(3)4/h2-4H,7H2,1H3;1H3,(H,3,4). The summed E-state index contributed by atoms with van der Waals surface area (Å²) in [7, 11) is 1.67. The molecule has 0 unspecified atom stereocenters. The van der Waals surface area contributed by atoms with Gasteiger partial charge in [-0.05, 0) is 6.07 Å². The predicted molar refractivity (Wildman–Crippen MR) is 49.4 cm³/mol. The minimum atomic E-state index is -0.833. The number of carboxylic acid groups (broad SMARTS) is 1. The van der Waals surface area contributed by atoms with Crippen LogP contribution in [0.25, 0.3) is 0 Å². The summed E-state index contributed by atoms with van der Waals surface area (Å²) in [4.78, 5) is 19.7. The highest BCUT2D eigenvalue weighted by molar-refractivity contribution is 5.62. The van der Waals surface area contributed by atoms with E-state index in [1.807, 2.05) is 0 Å². The van der Waals surface area contributed by atoms with Crippen molar-refractivity contribution in [1.29, 1.82) is 0 Å². The van der Waals surface area contributed by atoms with Crippen molar-refractivity contribution in [2.24, 2.45) is 7.05 Å². The lowest BCUT2D eigenvalue weighted by atomic mass is 10.4. The molecule has 0 aromatic carbocycles. The van der Waals surface area contributed by atoms with Crippen LogP contribution in [-0.4, -0.2) is 15.6 Å². The van der Waals surface area contributed by atoms with Gasteiger partial charge in [0.2, 0.25) is 5.56 Å². The SMILES string of the molecule is CC(=O)O.Cn1cc(N)ccc1=O. The third-order valence-corrected chi connectivity index (χ3v) is 1.11. The highest BCUT2D eigenvalue weighted by atomic mass is 16.4. The molecule has 1 rings (SSSR count). The third-order valence-electron chi connectivity index (χ3n) is 1.11. The van der Waals surface area contributed by atoms with Gasteiger partial charge in [-0.3, -0.25) is 9.59 Å². The summed E-state index contributed by atoms with van der Waals surface area (Å²) in [5, 5.41) is 7.42. The maximum Gasteiger partial charge on any atom is 0.300 e. The first-order valence-electron chi connectivity index (χ1n) is 3.55. The molecular formula is C8H12N2O3. The van der Waals surface area contributed by atoms with Gasteiger partial charge in [0, 0.05) is 31.9 Å².